The van der Waals surface area contributed by atoms with Gasteiger partial charge in [-0.15, -0.1) is 0 Å². The third-order valence-electron chi connectivity index (χ3n) is 4.17. The van der Waals surface area contributed by atoms with Crippen LogP contribution in [-0.2, 0) is 4.79 Å². The Morgan fingerprint density at radius 1 is 1.33 bits per heavy atom. The summed E-state index contributed by atoms with van der Waals surface area (Å²) in [6.45, 7) is 3.77. The smallest absolute Gasteiger partial charge is 0.317 e. The van der Waals surface area contributed by atoms with E-state index in [0.717, 1.165) is 25.9 Å². The molecule has 1 atom stereocenters. The molecule has 0 aliphatic carbocycles. The zero-order valence-electron chi connectivity index (χ0n) is 13.9. The number of likely N-dealkylation sites (N-methyl/N-ethyl adjacent to an activating group) is 1. The zero-order valence-corrected chi connectivity index (χ0v) is 13.9. The van der Waals surface area contributed by atoms with Crippen molar-refractivity contribution in [2.24, 2.45) is 0 Å². The van der Waals surface area contributed by atoms with Crippen molar-refractivity contribution in [3.63, 3.8) is 0 Å². The van der Waals surface area contributed by atoms with Crippen molar-refractivity contribution >= 4 is 11.9 Å². The summed E-state index contributed by atoms with van der Waals surface area (Å²) in [5, 5.41) is 22.3. The minimum Gasteiger partial charge on any atom is -0.508 e. The molecule has 0 saturated carbocycles. The fourth-order valence-corrected chi connectivity index (χ4v) is 2.74. The lowest BCUT2D eigenvalue weighted by Gasteiger charge is -2.25. The second-order valence-electron chi connectivity index (χ2n) is 5.90. The van der Waals surface area contributed by atoms with E-state index in [9.17, 15) is 19.8 Å². The van der Waals surface area contributed by atoms with Gasteiger partial charge in [-0.2, -0.15) is 0 Å². The molecule has 0 aromatic heterocycles. The molecule has 1 aliphatic rings. The van der Waals surface area contributed by atoms with E-state index < -0.39 is 6.10 Å². The van der Waals surface area contributed by atoms with Gasteiger partial charge in [0.1, 0.15) is 5.75 Å². The molecule has 0 spiro atoms. The lowest BCUT2D eigenvalue weighted by atomic mass is 10.1. The molecule has 3 N–H and O–H groups in total. The first kappa shape index (κ1) is 18.1. The summed E-state index contributed by atoms with van der Waals surface area (Å²) in [6.07, 6.45) is 1.12. The predicted octanol–water partition coefficient (Wildman–Crippen LogP) is 1.08. The maximum atomic E-state index is 12.2. The molecule has 132 valence electrons. The highest BCUT2D eigenvalue weighted by atomic mass is 16.3. The van der Waals surface area contributed by atoms with Gasteiger partial charge in [0.15, 0.2) is 0 Å². The van der Waals surface area contributed by atoms with Crippen LogP contribution in [0.1, 0.15) is 31.4 Å². The van der Waals surface area contributed by atoms with Crippen LogP contribution in [0.3, 0.4) is 0 Å². The molecule has 1 unspecified atom stereocenters. The fourth-order valence-electron chi connectivity index (χ4n) is 2.74. The molecular weight excluding hydrogens is 310 g/mol. The van der Waals surface area contributed by atoms with Crippen LogP contribution in [0.4, 0.5) is 4.79 Å². The molecule has 1 saturated heterocycles. The van der Waals surface area contributed by atoms with Crippen LogP contribution in [0.25, 0.3) is 0 Å². The summed E-state index contributed by atoms with van der Waals surface area (Å²) >= 11 is 0. The number of nitrogens with one attached hydrogen (secondary N) is 1. The highest BCUT2D eigenvalue weighted by Crippen LogP contribution is 2.19. The fraction of sp³-hybridized carbons (Fsp3) is 0.529. The van der Waals surface area contributed by atoms with Gasteiger partial charge in [0, 0.05) is 19.6 Å². The number of amides is 3. The Labute approximate surface area is 141 Å². The van der Waals surface area contributed by atoms with E-state index >= 15 is 0 Å². The second kappa shape index (κ2) is 8.54. The topological polar surface area (TPSA) is 93.1 Å². The van der Waals surface area contributed by atoms with E-state index in [1.807, 2.05) is 0 Å². The Morgan fingerprint density at radius 3 is 2.67 bits per heavy atom. The zero-order chi connectivity index (χ0) is 17.5. The van der Waals surface area contributed by atoms with Crippen molar-refractivity contribution < 1.29 is 19.8 Å². The van der Waals surface area contributed by atoms with Crippen molar-refractivity contribution in [3.8, 4) is 5.75 Å². The molecule has 7 nitrogen and oxygen atoms in total. The number of hydrogen-bond donors (Lipinski definition) is 3. The van der Waals surface area contributed by atoms with Gasteiger partial charge in [0.25, 0.3) is 0 Å². The molecule has 1 aromatic rings. The number of aliphatic hydroxyl groups excluding tert-OH is 1. The summed E-state index contributed by atoms with van der Waals surface area (Å²) in [5.74, 6) is -0.0132. The first-order chi connectivity index (χ1) is 11.5. The summed E-state index contributed by atoms with van der Waals surface area (Å²) in [4.78, 5) is 27.4. The Kier molecular flexibility index (Phi) is 6.43. The predicted molar refractivity (Wildman–Crippen MR) is 89.5 cm³/mol. The largest absolute Gasteiger partial charge is 0.508 e. The molecule has 1 fully saturated rings. The van der Waals surface area contributed by atoms with Gasteiger partial charge in [-0.25, -0.2) is 4.79 Å². The van der Waals surface area contributed by atoms with E-state index in [0.29, 0.717) is 12.1 Å². The van der Waals surface area contributed by atoms with Crippen LogP contribution in [0.15, 0.2) is 24.3 Å². The number of hydrogen-bond acceptors (Lipinski definition) is 4. The lowest BCUT2D eigenvalue weighted by molar-refractivity contribution is -0.129. The number of benzene rings is 1. The van der Waals surface area contributed by atoms with E-state index in [1.54, 1.807) is 24.0 Å². The monoisotopic (exact) mass is 335 g/mol. The van der Waals surface area contributed by atoms with Gasteiger partial charge in [0.2, 0.25) is 5.91 Å². The average molecular weight is 335 g/mol. The highest BCUT2D eigenvalue weighted by Gasteiger charge is 2.21. The van der Waals surface area contributed by atoms with Crippen LogP contribution in [-0.4, -0.2) is 64.7 Å². The van der Waals surface area contributed by atoms with E-state index in [4.69, 9.17) is 0 Å². The molecule has 1 heterocycles. The number of aliphatic hydroxyl groups is 1. The molecular formula is C17H25N3O4. The summed E-state index contributed by atoms with van der Waals surface area (Å²) in [7, 11) is 0. The summed E-state index contributed by atoms with van der Waals surface area (Å²) < 4.78 is 0. The number of carbonyl (C=O) groups is 2. The number of phenolic OH excluding ortho intramolecular Hbond substituents is 1. The van der Waals surface area contributed by atoms with Gasteiger partial charge < -0.3 is 25.3 Å². The second-order valence-corrected chi connectivity index (χ2v) is 5.90. The number of aromatic hydroxyl groups is 1. The normalized spacial score (nSPS) is 15.2. The number of likely N-dealkylation sites (tertiary alicyclic amines) is 1. The first-order valence-corrected chi connectivity index (χ1v) is 8.28. The Balaban J connectivity index is 1.85. The minimum atomic E-state index is -0.905. The van der Waals surface area contributed by atoms with Crippen LogP contribution < -0.4 is 5.32 Å². The molecule has 0 bridgehead atoms. The van der Waals surface area contributed by atoms with E-state index in [2.05, 4.69) is 5.32 Å². The number of rotatable bonds is 6. The molecule has 3 amide bonds. The van der Waals surface area contributed by atoms with Gasteiger partial charge in [-0.3, -0.25) is 4.79 Å². The number of nitrogens with zero attached hydrogens (tertiary/aromatic N) is 2. The molecule has 1 aliphatic heterocycles. The van der Waals surface area contributed by atoms with Crippen molar-refractivity contribution in [2.75, 3.05) is 32.7 Å². The Bertz CT molecular complexity index is 573. The summed E-state index contributed by atoms with van der Waals surface area (Å²) in [5.41, 5.74) is 0.536. The van der Waals surface area contributed by atoms with Gasteiger partial charge >= 0.3 is 6.03 Å². The van der Waals surface area contributed by atoms with Crippen LogP contribution in [0.5, 0.6) is 5.75 Å². The standard InChI is InChI=1S/C17H25N3O4/c1-2-19(12-15(22)13-6-5-7-14(21)10-13)17(24)18-11-16(23)20-8-3-4-9-20/h5-7,10,15,21-22H,2-4,8-9,11-12H2,1H3,(H,18,24). The van der Waals surface area contributed by atoms with Crippen molar-refractivity contribution in [2.45, 2.75) is 25.9 Å². The Hall–Kier alpha value is -2.28. The molecule has 7 heteroatoms. The average Bonchev–Trinajstić information content (AvgIpc) is 3.11. The van der Waals surface area contributed by atoms with Crippen molar-refractivity contribution in [1.29, 1.82) is 0 Å². The van der Waals surface area contributed by atoms with Crippen LogP contribution >= 0.6 is 0 Å². The molecule has 0 radical (unpaired) electrons. The van der Waals surface area contributed by atoms with Crippen LogP contribution in [0.2, 0.25) is 0 Å². The first-order valence-electron chi connectivity index (χ1n) is 8.28. The molecule has 24 heavy (non-hydrogen) atoms. The number of urea groups is 1. The third kappa shape index (κ3) is 4.86. The van der Waals surface area contributed by atoms with Gasteiger partial charge in [-0.05, 0) is 37.5 Å². The number of phenols is 1. The van der Waals surface area contributed by atoms with E-state index in [-0.39, 0.29) is 30.8 Å². The van der Waals surface area contributed by atoms with Crippen LogP contribution in [0, 0.1) is 0 Å². The van der Waals surface area contributed by atoms with Crippen molar-refractivity contribution in [3.05, 3.63) is 29.8 Å². The quantitative estimate of drug-likeness (QED) is 0.725. The Morgan fingerprint density at radius 2 is 2.04 bits per heavy atom. The van der Waals surface area contributed by atoms with Crippen molar-refractivity contribution in [1.82, 2.24) is 15.1 Å². The highest BCUT2D eigenvalue weighted by molar-refractivity contribution is 5.84. The van der Waals surface area contributed by atoms with E-state index in [1.165, 1.54) is 17.0 Å². The SMILES string of the molecule is CCN(CC(O)c1cccc(O)c1)C(=O)NCC(=O)N1CCCC1. The molecule has 2 rings (SSSR count). The maximum absolute atomic E-state index is 12.2. The van der Waals surface area contributed by atoms with Gasteiger partial charge in [-0.1, -0.05) is 12.1 Å². The van der Waals surface area contributed by atoms with Gasteiger partial charge in [0.05, 0.1) is 19.2 Å². The third-order valence-corrected chi connectivity index (χ3v) is 4.17. The molecule has 1 aromatic carbocycles. The number of carbonyl (C=O) groups excluding carboxylic acids is 2. The summed E-state index contributed by atoms with van der Waals surface area (Å²) in [6, 6.07) is 5.92. The minimum absolute atomic E-state index is 0.0302. The maximum Gasteiger partial charge on any atom is 0.317 e. The lowest BCUT2D eigenvalue weighted by Crippen LogP contribution is -2.46.